The normalized spacial score (nSPS) is 15.8. The molecule has 2 amide bonds. The molecule has 3 aromatic rings. The highest BCUT2D eigenvalue weighted by atomic mass is 16.5. The molecule has 1 aliphatic rings. The molecule has 4 rings (SSSR count). The number of amides is 2. The number of rotatable bonds is 7. The van der Waals surface area contributed by atoms with Crippen molar-refractivity contribution in [1.29, 1.82) is 0 Å². The minimum absolute atomic E-state index is 0.0876. The molecule has 2 aromatic carbocycles. The van der Waals surface area contributed by atoms with Crippen LogP contribution in [0.3, 0.4) is 0 Å². The summed E-state index contributed by atoms with van der Waals surface area (Å²) in [5.41, 5.74) is 9.39. The molecule has 0 spiro atoms. The van der Waals surface area contributed by atoms with Gasteiger partial charge in [-0.15, -0.1) is 0 Å². The Morgan fingerprint density at radius 1 is 1.12 bits per heavy atom. The van der Waals surface area contributed by atoms with Crippen LogP contribution >= 0.6 is 0 Å². The number of hydrogen-bond donors (Lipinski definition) is 1. The zero-order valence-electron chi connectivity index (χ0n) is 18.7. The van der Waals surface area contributed by atoms with Gasteiger partial charge in [-0.3, -0.25) is 19.6 Å². The molecule has 1 fully saturated rings. The maximum absolute atomic E-state index is 13.0. The van der Waals surface area contributed by atoms with Gasteiger partial charge in [0.2, 0.25) is 11.8 Å². The number of piperidine rings is 1. The number of methoxy groups -OCH3 is 1. The van der Waals surface area contributed by atoms with E-state index in [0.717, 1.165) is 47.7 Å². The first-order valence-electron chi connectivity index (χ1n) is 11.2. The van der Waals surface area contributed by atoms with E-state index in [0.29, 0.717) is 24.9 Å². The van der Waals surface area contributed by atoms with Crippen LogP contribution in [-0.2, 0) is 11.2 Å². The number of likely N-dealkylation sites (tertiary alicyclic amines) is 1. The smallest absolute Gasteiger partial charge is 0.248 e. The minimum atomic E-state index is -0.478. The molecule has 0 aliphatic carbocycles. The standard InChI is InChI=1S/C26H28N4O3/c1-33-22-10-7-18(8-11-22)9-12-23(31)30-15-3-6-21(17-30)25-24(28-13-14-29-25)19-4-2-5-20(16-19)26(27)32/h2,4-5,7-8,10-11,13-14,16,21H,3,6,9,12,15,17H2,1H3,(H2,27,32)/t21-/m1/s1. The first kappa shape index (κ1) is 22.5. The number of nitrogens with two attached hydrogens (primary N) is 1. The fourth-order valence-corrected chi connectivity index (χ4v) is 4.32. The van der Waals surface area contributed by atoms with Gasteiger partial charge in [-0.1, -0.05) is 24.3 Å². The van der Waals surface area contributed by atoms with Gasteiger partial charge in [0.1, 0.15) is 5.75 Å². The second-order valence-corrected chi connectivity index (χ2v) is 8.26. The summed E-state index contributed by atoms with van der Waals surface area (Å²) in [6.45, 7) is 1.37. The Bertz CT molecular complexity index is 1130. The Morgan fingerprint density at radius 3 is 2.67 bits per heavy atom. The zero-order valence-corrected chi connectivity index (χ0v) is 18.7. The molecular formula is C26H28N4O3. The van der Waals surface area contributed by atoms with E-state index in [1.807, 2.05) is 35.2 Å². The summed E-state index contributed by atoms with van der Waals surface area (Å²) in [5.74, 6) is 0.569. The van der Waals surface area contributed by atoms with Gasteiger partial charge in [-0.25, -0.2) is 0 Å². The quantitative estimate of drug-likeness (QED) is 0.600. The lowest BCUT2D eigenvalue weighted by atomic mass is 9.91. The van der Waals surface area contributed by atoms with Crippen LogP contribution in [0.5, 0.6) is 5.75 Å². The molecule has 2 N–H and O–H groups in total. The topological polar surface area (TPSA) is 98.4 Å². The molecular weight excluding hydrogens is 416 g/mol. The van der Waals surface area contributed by atoms with Crippen molar-refractivity contribution >= 4 is 11.8 Å². The van der Waals surface area contributed by atoms with Crippen LogP contribution in [0.15, 0.2) is 60.9 Å². The molecule has 1 aromatic heterocycles. The Morgan fingerprint density at radius 2 is 1.91 bits per heavy atom. The van der Waals surface area contributed by atoms with Crippen molar-refractivity contribution in [2.24, 2.45) is 5.73 Å². The first-order chi connectivity index (χ1) is 16.0. The molecule has 1 aliphatic heterocycles. The van der Waals surface area contributed by atoms with Gasteiger partial charge in [0.05, 0.1) is 18.5 Å². The number of hydrogen-bond acceptors (Lipinski definition) is 5. The lowest BCUT2D eigenvalue weighted by molar-refractivity contribution is -0.132. The van der Waals surface area contributed by atoms with Crippen molar-refractivity contribution in [3.8, 4) is 17.0 Å². The Hall–Kier alpha value is -3.74. The third-order valence-corrected chi connectivity index (χ3v) is 6.09. The number of ether oxygens (including phenoxy) is 1. The predicted octanol–water partition coefficient (Wildman–Crippen LogP) is 3.59. The van der Waals surface area contributed by atoms with Crippen molar-refractivity contribution in [1.82, 2.24) is 14.9 Å². The summed E-state index contributed by atoms with van der Waals surface area (Å²) in [6, 6.07) is 15.0. The summed E-state index contributed by atoms with van der Waals surface area (Å²) in [5, 5.41) is 0. The number of aryl methyl sites for hydroxylation is 1. The molecule has 0 radical (unpaired) electrons. The van der Waals surface area contributed by atoms with Crippen LogP contribution in [0.25, 0.3) is 11.3 Å². The highest BCUT2D eigenvalue weighted by molar-refractivity contribution is 5.94. The average Bonchev–Trinajstić information content (AvgIpc) is 2.87. The van der Waals surface area contributed by atoms with E-state index < -0.39 is 5.91 Å². The van der Waals surface area contributed by atoms with Crippen LogP contribution < -0.4 is 10.5 Å². The van der Waals surface area contributed by atoms with E-state index >= 15 is 0 Å². The van der Waals surface area contributed by atoms with E-state index in [1.54, 1.807) is 37.7 Å². The number of carbonyl (C=O) groups excluding carboxylic acids is 2. The number of aromatic nitrogens is 2. The average molecular weight is 445 g/mol. The third-order valence-electron chi connectivity index (χ3n) is 6.09. The summed E-state index contributed by atoms with van der Waals surface area (Å²) in [6.07, 6.45) is 6.34. The SMILES string of the molecule is COc1ccc(CCC(=O)N2CCC[C@@H](c3nccnc3-c3cccc(C(N)=O)c3)C2)cc1. The Balaban J connectivity index is 1.47. The molecule has 0 bridgehead atoms. The molecule has 33 heavy (non-hydrogen) atoms. The van der Waals surface area contributed by atoms with Gasteiger partial charge < -0.3 is 15.4 Å². The summed E-state index contributed by atoms with van der Waals surface area (Å²) in [7, 11) is 1.64. The molecule has 7 nitrogen and oxygen atoms in total. The number of carbonyl (C=O) groups is 2. The molecule has 1 atom stereocenters. The minimum Gasteiger partial charge on any atom is -0.497 e. The second-order valence-electron chi connectivity index (χ2n) is 8.26. The van der Waals surface area contributed by atoms with E-state index in [1.165, 1.54) is 0 Å². The van der Waals surface area contributed by atoms with Gasteiger partial charge in [0.25, 0.3) is 0 Å². The monoisotopic (exact) mass is 444 g/mol. The van der Waals surface area contributed by atoms with Crippen molar-refractivity contribution in [3.05, 3.63) is 77.7 Å². The van der Waals surface area contributed by atoms with E-state index in [4.69, 9.17) is 10.5 Å². The molecule has 170 valence electrons. The number of primary amides is 1. The van der Waals surface area contributed by atoms with Crippen LogP contribution in [0, 0.1) is 0 Å². The summed E-state index contributed by atoms with van der Waals surface area (Å²) >= 11 is 0. The van der Waals surface area contributed by atoms with Crippen LogP contribution in [-0.4, -0.2) is 46.9 Å². The van der Waals surface area contributed by atoms with Crippen LogP contribution in [0.1, 0.15) is 46.8 Å². The molecule has 0 saturated carbocycles. The van der Waals surface area contributed by atoms with Crippen LogP contribution in [0.4, 0.5) is 0 Å². The first-order valence-corrected chi connectivity index (χ1v) is 11.2. The van der Waals surface area contributed by atoms with E-state index in [9.17, 15) is 9.59 Å². The van der Waals surface area contributed by atoms with Crippen molar-refractivity contribution < 1.29 is 14.3 Å². The van der Waals surface area contributed by atoms with E-state index in [-0.39, 0.29) is 11.8 Å². The summed E-state index contributed by atoms with van der Waals surface area (Å²) < 4.78 is 5.19. The molecule has 7 heteroatoms. The predicted molar refractivity (Wildman–Crippen MR) is 126 cm³/mol. The van der Waals surface area contributed by atoms with Gasteiger partial charge >= 0.3 is 0 Å². The van der Waals surface area contributed by atoms with Crippen LogP contribution in [0.2, 0.25) is 0 Å². The van der Waals surface area contributed by atoms with Crippen molar-refractivity contribution in [2.75, 3.05) is 20.2 Å². The fraction of sp³-hybridized carbons (Fsp3) is 0.308. The van der Waals surface area contributed by atoms with Crippen molar-refractivity contribution in [2.45, 2.75) is 31.6 Å². The number of benzene rings is 2. The van der Waals surface area contributed by atoms with Gasteiger partial charge in [0.15, 0.2) is 0 Å². The Labute approximate surface area is 193 Å². The fourth-order valence-electron chi connectivity index (χ4n) is 4.32. The molecule has 0 unspecified atom stereocenters. The second kappa shape index (κ2) is 10.3. The third kappa shape index (κ3) is 5.37. The van der Waals surface area contributed by atoms with Gasteiger partial charge in [-0.2, -0.15) is 0 Å². The lowest BCUT2D eigenvalue weighted by Gasteiger charge is -2.33. The molecule has 1 saturated heterocycles. The maximum Gasteiger partial charge on any atom is 0.248 e. The zero-order chi connectivity index (χ0) is 23.2. The van der Waals surface area contributed by atoms with Gasteiger partial charge in [0, 0.05) is 48.9 Å². The lowest BCUT2D eigenvalue weighted by Crippen LogP contribution is -2.39. The maximum atomic E-state index is 13.0. The highest BCUT2D eigenvalue weighted by Gasteiger charge is 2.28. The van der Waals surface area contributed by atoms with E-state index in [2.05, 4.69) is 9.97 Å². The van der Waals surface area contributed by atoms with Gasteiger partial charge in [-0.05, 0) is 49.1 Å². The molecule has 2 heterocycles. The largest absolute Gasteiger partial charge is 0.497 e. The highest BCUT2D eigenvalue weighted by Crippen LogP contribution is 2.32. The Kier molecular flexibility index (Phi) is 6.98. The number of nitrogens with zero attached hydrogens (tertiary/aromatic N) is 3. The van der Waals surface area contributed by atoms with Crippen molar-refractivity contribution in [3.63, 3.8) is 0 Å². The summed E-state index contributed by atoms with van der Waals surface area (Å²) in [4.78, 5) is 35.7.